The number of hydrogen-bond acceptors (Lipinski definition) is 6. The second-order valence-corrected chi connectivity index (χ2v) is 9.22. The molecule has 4 aromatic rings. The monoisotopic (exact) mass is 486 g/mol. The van der Waals surface area contributed by atoms with E-state index < -0.39 is 0 Å². The van der Waals surface area contributed by atoms with Gasteiger partial charge in [-0.05, 0) is 108 Å². The summed E-state index contributed by atoms with van der Waals surface area (Å²) in [5.74, 6) is -0.467. The second kappa shape index (κ2) is 11.0. The average molecular weight is 487 g/mol. The molecule has 0 radical (unpaired) electrons. The van der Waals surface area contributed by atoms with E-state index in [0.717, 1.165) is 22.3 Å². The van der Waals surface area contributed by atoms with Crippen LogP contribution in [-0.4, -0.2) is 30.6 Å². The van der Waals surface area contributed by atoms with E-state index in [2.05, 4.69) is 0 Å². The lowest BCUT2D eigenvalue weighted by molar-refractivity contribution is 0.378. The highest BCUT2D eigenvalue weighted by Crippen LogP contribution is 2.38. The fourth-order valence-electron chi connectivity index (χ4n) is 4.77. The third-order valence-electron chi connectivity index (χ3n) is 6.61. The van der Waals surface area contributed by atoms with Gasteiger partial charge in [0, 0.05) is 0 Å². The van der Waals surface area contributed by atoms with Gasteiger partial charge < -0.3 is 30.6 Å². The zero-order valence-electron chi connectivity index (χ0n) is 19.7. The van der Waals surface area contributed by atoms with Gasteiger partial charge in [-0.1, -0.05) is 36.4 Å². The molecule has 6 nitrogen and oxygen atoms in total. The van der Waals surface area contributed by atoms with E-state index in [4.69, 9.17) is 0 Å². The van der Waals surface area contributed by atoms with Crippen molar-refractivity contribution in [2.24, 2.45) is 5.92 Å². The van der Waals surface area contributed by atoms with Crippen molar-refractivity contribution in [3.05, 3.63) is 107 Å². The maximum Gasteiger partial charge on any atom is 0.157 e. The van der Waals surface area contributed by atoms with Crippen molar-refractivity contribution in [1.82, 2.24) is 0 Å². The minimum Gasteiger partial charge on any atom is -0.508 e. The summed E-state index contributed by atoms with van der Waals surface area (Å²) in [4.78, 5) is 0. The molecular weight excluding hydrogens is 456 g/mol. The molecule has 0 saturated carbocycles. The number of phenolic OH excluding ortho intramolecular Hbond substituents is 6. The van der Waals surface area contributed by atoms with Crippen LogP contribution in [-0.2, 0) is 19.3 Å². The van der Waals surface area contributed by atoms with Gasteiger partial charge in [0.05, 0.1) is 0 Å². The van der Waals surface area contributed by atoms with Crippen molar-refractivity contribution >= 4 is 0 Å². The second-order valence-electron chi connectivity index (χ2n) is 9.22. The topological polar surface area (TPSA) is 121 Å². The standard InChI is InChI=1S/C30H30O6/c31-24-5-1-3-20(14-24)13-22(9-7-19-8-11-27(33)29(35)17-19)26(16-21-4-2-6-25(32)15-21)23-10-12-28(34)30(36)18-23/h1-6,8,10-12,14-15,17-18,22,26,31-36H,7,9,13,16H2/t22-,26-/m0/s1. The predicted molar refractivity (Wildman–Crippen MR) is 138 cm³/mol. The number of aromatic hydroxyl groups is 6. The fourth-order valence-corrected chi connectivity index (χ4v) is 4.77. The smallest absolute Gasteiger partial charge is 0.157 e. The molecule has 0 bridgehead atoms. The summed E-state index contributed by atoms with van der Waals surface area (Å²) >= 11 is 0. The molecule has 0 unspecified atom stereocenters. The largest absolute Gasteiger partial charge is 0.508 e. The van der Waals surface area contributed by atoms with Gasteiger partial charge >= 0.3 is 0 Å². The predicted octanol–water partition coefficient (Wildman–Crippen LogP) is 5.74. The van der Waals surface area contributed by atoms with Gasteiger partial charge in [0.2, 0.25) is 0 Å². The average Bonchev–Trinajstić information content (AvgIpc) is 2.84. The molecule has 0 aromatic heterocycles. The van der Waals surface area contributed by atoms with Crippen LogP contribution >= 0.6 is 0 Å². The maximum atomic E-state index is 10.3. The number of benzene rings is 4. The first-order valence-corrected chi connectivity index (χ1v) is 11.9. The van der Waals surface area contributed by atoms with E-state index in [1.165, 1.54) is 12.1 Å². The Morgan fingerprint density at radius 1 is 0.500 bits per heavy atom. The van der Waals surface area contributed by atoms with Crippen molar-refractivity contribution in [3.63, 3.8) is 0 Å². The van der Waals surface area contributed by atoms with Crippen LogP contribution in [0, 0.1) is 5.92 Å². The third-order valence-corrected chi connectivity index (χ3v) is 6.61. The SMILES string of the molecule is Oc1cccc(C[C@H](CCc2ccc(O)c(O)c2)[C@H](Cc2cccc(O)c2)c2ccc(O)c(O)c2)c1. The van der Waals surface area contributed by atoms with Gasteiger partial charge in [0.25, 0.3) is 0 Å². The Morgan fingerprint density at radius 2 is 1.08 bits per heavy atom. The summed E-state index contributed by atoms with van der Waals surface area (Å²) in [5.41, 5.74) is 3.59. The van der Waals surface area contributed by atoms with E-state index in [1.54, 1.807) is 60.7 Å². The highest BCUT2D eigenvalue weighted by molar-refractivity contribution is 5.43. The first kappa shape index (κ1) is 24.8. The Morgan fingerprint density at radius 3 is 1.67 bits per heavy atom. The molecule has 0 fully saturated rings. The lowest BCUT2D eigenvalue weighted by Gasteiger charge is -2.29. The Labute approximate surface area is 210 Å². The Hall–Kier alpha value is -4.32. The molecule has 4 aromatic carbocycles. The van der Waals surface area contributed by atoms with Gasteiger partial charge in [-0.25, -0.2) is 0 Å². The van der Waals surface area contributed by atoms with Crippen molar-refractivity contribution in [1.29, 1.82) is 0 Å². The van der Waals surface area contributed by atoms with Gasteiger partial charge in [-0.2, -0.15) is 0 Å². The van der Waals surface area contributed by atoms with Crippen LogP contribution in [0.5, 0.6) is 34.5 Å². The highest BCUT2D eigenvalue weighted by Gasteiger charge is 2.25. The molecule has 0 saturated heterocycles. The minimum absolute atomic E-state index is 0.0223. The molecule has 0 aliphatic carbocycles. The zero-order chi connectivity index (χ0) is 25.7. The van der Waals surface area contributed by atoms with Crippen molar-refractivity contribution in [2.45, 2.75) is 31.6 Å². The van der Waals surface area contributed by atoms with Crippen molar-refractivity contribution in [3.8, 4) is 34.5 Å². The van der Waals surface area contributed by atoms with E-state index in [9.17, 15) is 30.6 Å². The van der Waals surface area contributed by atoms with E-state index in [0.29, 0.717) is 25.7 Å². The number of aryl methyl sites for hydroxylation is 1. The van der Waals surface area contributed by atoms with Crippen LogP contribution < -0.4 is 0 Å². The highest BCUT2D eigenvalue weighted by atomic mass is 16.3. The first-order valence-electron chi connectivity index (χ1n) is 11.9. The van der Waals surface area contributed by atoms with E-state index in [1.807, 2.05) is 12.1 Å². The number of hydrogen-bond donors (Lipinski definition) is 6. The molecule has 36 heavy (non-hydrogen) atoms. The molecule has 0 aliphatic heterocycles. The van der Waals surface area contributed by atoms with Crippen LogP contribution in [0.2, 0.25) is 0 Å². The molecule has 2 atom stereocenters. The number of rotatable bonds is 9. The van der Waals surface area contributed by atoms with Crippen LogP contribution in [0.25, 0.3) is 0 Å². The lowest BCUT2D eigenvalue weighted by Crippen LogP contribution is -2.19. The normalized spacial score (nSPS) is 12.8. The maximum absolute atomic E-state index is 10.3. The van der Waals surface area contributed by atoms with Crippen LogP contribution in [0.15, 0.2) is 84.9 Å². The van der Waals surface area contributed by atoms with E-state index in [-0.39, 0.29) is 46.3 Å². The summed E-state index contributed by atoms with van der Waals surface area (Å²) < 4.78 is 0. The minimum atomic E-state index is -0.201. The lowest BCUT2D eigenvalue weighted by atomic mass is 9.76. The Balaban J connectivity index is 1.72. The summed E-state index contributed by atoms with van der Waals surface area (Å²) in [6.07, 6.45) is 2.52. The first-order chi connectivity index (χ1) is 17.3. The van der Waals surface area contributed by atoms with Crippen molar-refractivity contribution < 1.29 is 30.6 Å². The van der Waals surface area contributed by atoms with Gasteiger partial charge in [0.1, 0.15) is 11.5 Å². The third kappa shape index (κ3) is 6.21. The molecule has 6 N–H and O–H groups in total. The van der Waals surface area contributed by atoms with Crippen LogP contribution in [0.3, 0.4) is 0 Å². The van der Waals surface area contributed by atoms with E-state index >= 15 is 0 Å². The summed E-state index contributed by atoms with van der Waals surface area (Å²) in [7, 11) is 0. The molecule has 6 heteroatoms. The van der Waals surface area contributed by atoms with Gasteiger partial charge in [-0.3, -0.25) is 0 Å². The summed E-state index contributed by atoms with van der Waals surface area (Å²) in [5, 5.41) is 59.9. The summed E-state index contributed by atoms with van der Waals surface area (Å²) in [6, 6.07) is 23.8. The molecule has 186 valence electrons. The van der Waals surface area contributed by atoms with Gasteiger partial charge in [0.15, 0.2) is 23.0 Å². The quantitative estimate of drug-likeness (QED) is 0.168. The molecule has 0 aliphatic rings. The summed E-state index contributed by atoms with van der Waals surface area (Å²) in [6.45, 7) is 0. The molecule has 0 heterocycles. The number of phenols is 6. The van der Waals surface area contributed by atoms with Crippen LogP contribution in [0.4, 0.5) is 0 Å². The molecule has 4 rings (SSSR count). The van der Waals surface area contributed by atoms with Gasteiger partial charge in [-0.15, -0.1) is 0 Å². The molecule has 0 spiro atoms. The molecular formula is C30H30O6. The fraction of sp³-hybridized carbons (Fsp3) is 0.200. The zero-order valence-corrected chi connectivity index (χ0v) is 19.7. The Bertz CT molecular complexity index is 1330. The molecule has 0 amide bonds. The van der Waals surface area contributed by atoms with Crippen molar-refractivity contribution in [2.75, 3.05) is 0 Å². The Kier molecular flexibility index (Phi) is 7.54. The van der Waals surface area contributed by atoms with Crippen LogP contribution in [0.1, 0.15) is 34.6 Å².